The average molecular weight is 214 g/mol. The number of amides is 1. The summed E-state index contributed by atoms with van der Waals surface area (Å²) in [6, 6.07) is -0.203. The first-order chi connectivity index (χ1) is 7.16. The van der Waals surface area contributed by atoms with Crippen LogP contribution in [0.4, 0.5) is 0 Å². The fourth-order valence-corrected chi connectivity index (χ4v) is 2.14. The quantitative estimate of drug-likeness (QED) is 0.585. The van der Waals surface area contributed by atoms with E-state index in [0.29, 0.717) is 32.7 Å². The molecule has 2 heterocycles. The SMILES string of the molecule is CC1CN(C(=O)[C@H]2C[C@H](O)CN2)CCO1. The van der Waals surface area contributed by atoms with Gasteiger partial charge in [-0.05, 0) is 13.3 Å². The van der Waals surface area contributed by atoms with Gasteiger partial charge in [0.25, 0.3) is 0 Å². The van der Waals surface area contributed by atoms with Crippen molar-refractivity contribution in [2.24, 2.45) is 0 Å². The highest BCUT2D eigenvalue weighted by molar-refractivity contribution is 5.82. The Bertz CT molecular complexity index is 247. The van der Waals surface area contributed by atoms with Crippen LogP contribution in [0.25, 0.3) is 0 Å². The molecule has 2 rings (SSSR count). The van der Waals surface area contributed by atoms with Crippen molar-refractivity contribution in [3.8, 4) is 0 Å². The normalized spacial score (nSPS) is 36.9. The van der Waals surface area contributed by atoms with Gasteiger partial charge >= 0.3 is 0 Å². The van der Waals surface area contributed by atoms with E-state index in [-0.39, 0.29) is 24.2 Å². The van der Waals surface area contributed by atoms with Crippen molar-refractivity contribution in [3.05, 3.63) is 0 Å². The molecule has 0 aromatic rings. The molecule has 0 saturated carbocycles. The Kier molecular flexibility index (Phi) is 3.23. The molecule has 2 aliphatic heterocycles. The number of morpholine rings is 1. The number of aliphatic hydroxyl groups excluding tert-OH is 1. The van der Waals surface area contributed by atoms with Crippen molar-refractivity contribution < 1.29 is 14.6 Å². The second-order valence-electron chi connectivity index (χ2n) is 4.32. The van der Waals surface area contributed by atoms with E-state index in [0.717, 1.165) is 0 Å². The van der Waals surface area contributed by atoms with Crippen molar-refractivity contribution in [1.29, 1.82) is 0 Å². The van der Waals surface area contributed by atoms with Crippen LogP contribution < -0.4 is 5.32 Å². The Morgan fingerprint density at radius 2 is 2.40 bits per heavy atom. The first-order valence-electron chi connectivity index (χ1n) is 5.48. The summed E-state index contributed by atoms with van der Waals surface area (Å²) in [5, 5.41) is 12.4. The minimum Gasteiger partial charge on any atom is -0.392 e. The van der Waals surface area contributed by atoms with Gasteiger partial charge < -0.3 is 20.1 Å². The third kappa shape index (κ3) is 2.48. The molecule has 0 bridgehead atoms. The molecule has 2 N–H and O–H groups in total. The molecule has 0 aliphatic carbocycles. The van der Waals surface area contributed by atoms with Gasteiger partial charge in [-0.1, -0.05) is 0 Å². The molecule has 0 aromatic heterocycles. The van der Waals surface area contributed by atoms with Gasteiger partial charge in [0, 0.05) is 19.6 Å². The number of rotatable bonds is 1. The third-order valence-electron chi connectivity index (χ3n) is 2.96. The summed E-state index contributed by atoms with van der Waals surface area (Å²) in [4.78, 5) is 13.8. The number of hydrogen-bond acceptors (Lipinski definition) is 4. The number of nitrogens with zero attached hydrogens (tertiary/aromatic N) is 1. The largest absolute Gasteiger partial charge is 0.392 e. The van der Waals surface area contributed by atoms with Crippen LogP contribution in [0.1, 0.15) is 13.3 Å². The van der Waals surface area contributed by atoms with Crippen LogP contribution in [0.5, 0.6) is 0 Å². The zero-order chi connectivity index (χ0) is 10.8. The zero-order valence-electron chi connectivity index (χ0n) is 8.98. The number of aliphatic hydroxyl groups is 1. The van der Waals surface area contributed by atoms with Gasteiger partial charge in [0.15, 0.2) is 0 Å². The molecule has 86 valence electrons. The lowest BCUT2D eigenvalue weighted by atomic mass is 10.1. The molecular weight excluding hydrogens is 196 g/mol. The summed E-state index contributed by atoms with van der Waals surface area (Å²) in [6.07, 6.45) is 0.274. The Morgan fingerprint density at radius 3 is 3.00 bits per heavy atom. The lowest BCUT2D eigenvalue weighted by molar-refractivity contribution is -0.140. The lowest BCUT2D eigenvalue weighted by Crippen LogP contribution is -2.50. The molecule has 2 saturated heterocycles. The molecule has 1 unspecified atom stereocenters. The monoisotopic (exact) mass is 214 g/mol. The molecule has 2 fully saturated rings. The summed E-state index contributed by atoms with van der Waals surface area (Å²) in [7, 11) is 0. The molecule has 0 radical (unpaired) electrons. The van der Waals surface area contributed by atoms with E-state index in [1.807, 2.05) is 11.8 Å². The van der Waals surface area contributed by atoms with Crippen LogP contribution in [-0.4, -0.2) is 60.4 Å². The van der Waals surface area contributed by atoms with Gasteiger partial charge in [0.05, 0.1) is 24.9 Å². The number of ether oxygens (including phenoxy) is 1. The summed E-state index contributed by atoms with van der Waals surface area (Å²) in [5.41, 5.74) is 0. The molecule has 5 nitrogen and oxygen atoms in total. The van der Waals surface area contributed by atoms with E-state index in [2.05, 4.69) is 5.32 Å². The zero-order valence-corrected chi connectivity index (χ0v) is 8.98. The minimum atomic E-state index is -0.377. The summed E-state index contributed by atoms with van der Waals surface area (Å²) in [6.45, 7) is 4.43. The van der Waals surface area contributed by atoms with E-state index in [1.54, 1.807) is 0 Å². The standard InChI is InChI=1S/C10H18N2O3/c1-7-6-12(2-3-15-7)10(14)9-4-8(13)5-11-9/h7-9,11,13H,2-6H2,1H3/t7?,8-,9+/m0/s1. The first-order valence-corrected chi connectivity index (χ1v) is 5.48. The minimum absolute atomic E-state index is 0.0988. The molecule has 0 spiro atoms. The van der Waals surface area contributed by atoms with Crippen molar-refractivity contribution in [2.75, 3.05) is 26.2 Å². The highest BCUT2D eigenvalue weighted by Gasteiger charge is 2.32. The van der Waals surface area contributed by atoms with E-state index >= 15 is 0 Å². The molecule has 1 amide bonds. The number of carbonyl (C=O) groups excluding carboxylic acids is 1. The maximum absolute atomic E-state index is 12.0. The molecule has 5 heteroatoms. The third-order valence-corrected chi connectivity index (χ3v) is 2.96. The second kappa shape index (κ2) is 4.47. The Hall–Kier alpha value is -0.650. The summed E-state index contributed by atoms with van der Waals surface area (Å²) in [5.74, 6) is 0.0988. The Labute approximate surface area is 89.4 Å². The molecule has 3 atom stereocenters. The number of hydrogen-bond donors (Lipinski definition) is 2. The van der Waals surface area contributed by atoms with Crippen molar-refractivity contribution in [1.82, 2.24) is 10.2 Å². The number of carbonyl (C=O) groups is 1. The summed E-state index contributed by atoms with van der Waals surface area (Å²) >= 11 is 0. The fraction of sp³-hybridized carbons (Fsp3) is 0.900. The van der Waals surface area contributed by atoms with Crippen LogP contribution in [-0.2, 0) is 9.53 Å². The number of β-amino-alcohol motifs (C(OH)–C–C–N with tert-alkyl or cyclic N) is 1. The van der Waals surface area contributed by atoms with Gasteiger partial charge in [0.1, 0.15) is 0 Å². The topological polar surface area (TPSA) is 61.8 Å². The van der Waals surface area contributed by atoms with Gasteiger partial charge in [-0.2, -0.15) is 0 Å². The maximum atomic E-state index is 12.0. The second-order valence-corrected chi connectivity index (χ2v) is 4.32. The van der Waals surface area contributed by atoms with Crippen LogP contribution in [0.2, 0.25) is 0 Å². The van der Waals surface area contributed by atoms with Crippen LogP contribution in [0.15, 0.2) is 0 Å². The number of nitrogens with one attached hydrogen (secondary N) is 1. The lowest BCUT2D eigenvalue weighted by Gasteiger charge is -2.32. The van der Waals surface area contributed by atoms with Crippen LogP contribution in [0, 0.1) is 0 Å². The molecule has 15 heavy (non-hydrogen) atoms. The Morgan fingerprint density at radius 1 is 1.60 bits per heavy atom. The van der Waals surface area contributed by atoms with Gasteiger partial charge in [-0.15, -0.1) is 0 Å². The van der Waals surface area contributed by atoms with Crippen molar-refractivity contribution >= 4 is 5.91 Å². The highest BCUT2D eigenvalue weighted by Crippen LogP contribution is 2.12. The van der Waals surface area contributed by atoms with E-state index in [1.165, 1.54) is 0 Å². The summed E-state index contributed by atoms with van der Waals surface area (Å²) < 4.78 is 5.38. The fourth-order valence-electron chi connectivity index (χ4n) is 2.14. The van der Waals surface area contributed by atoms with Crippen LogP contribution in [0.3, 0.4) is 0 Å². The predicted octanol–water partition coefficient (Wildman–Crippen LogP) is -1.04. The van der Waals surface area contributed by atoms with Gasteiger partial charge in [-0.25, -0.2) is 0 Å². The van der Waals surface area contributed by atoms with Gasteiger partial charge in [-0.3, -0.25) is 4.79 Å². The van der Waals surface area contributed by atoms with E-state index in [9.17, 15) is 9.90 Å². The van der Waals surface area contributed by atoms with E-state index in [4.69, 9.17) is 4.74 Å². The maximum Gasteiger partial charge on any atom is 0.239 e. The highest BCUT2D eigenvalue weighted by atomic mass is 16.5. The predicted molar refractivity (Wildman–Crippen MR) is 54.4 cm³/mol. The van der Waals surface area contributed by atoms with Crippen LogP contribution >= 0.6 is 0 Å². The smallest absolute Gasteiger partial charge is 0.239 e. The van der Waals surface area contributed by atoms with E-state index < -0.39 is 0 Å². The Balaban J connectivity index is 1.89. The molecule has 2 aliphatic rings. The average Bonchev–Trinajstić information content (AvgIpc) is 2.64. The first kappa shape index (κ1) is 10.9. The van der Waals surface area contributed by atoms with Crippen molar-refractivity contribution in [3.63, 3.8) is 0 Å². The van der Waals surface area contributed by atoms with Gasteiger partial charge in [0.2, 0.25) is 5.91 Å². The van der Waals surface area contributed by atoms with Crippen molar-refractivity contribution in [2.45, 2.75) is 31.6 Å². The molecule has 0 aromatic carbocycles. The molecular formula is C10H18N2O3.